The summed E-state index contributed by atoms with van der Waals surface area (Å²) in [7, 11) is -3.77. The Balaban J connectivity index is 1.46. The zero-order valence-electron chi connectivity index (χ0n) is 16.6. The number of rotatable bonds is 10. The van der Waals surface area contributed by atoms with E-state index in [2.05, 4.69) is 6.92 Å². The van der Waals surface area contributed by atoms with E-state index in [9.17, 15) is 18.9 Å². The normalized spacial score (nSPS) is 26.9. The van der Waals surface area contributed by atoms with Crippen LogP contribution in [0.3, 0.4) is 0 Å². The van der Waals surface area contributed by atoms with E-state index in [-0.39, 0.29) is 13.0 Å². The van der Waals surface area contributed by atoms with E-state index < -0.39 is 43.7 Å². The molecule has 0 amide bonds. The fraction of sp³-hybridized carbons (Fsp3) is 0.778. The first-order valence-corrected chi connectivity index (χ1v) is 11.9. The number of hydrogen-bond acceptors (Lipinski definition) is 7. The molecule has 0 saturated carbocycles. The number of aromatic nitrogens is 2. The molecule has 11 heteroatoms. The Morgan fingerprint density at radius 2 is 1.97 bits per heavy atom. The molecule has 2 saturated heterocycles. The molecule has 2 N–H and O–H groups in total. The van der Waals surface area contributed by atoms with Crippen LogP contribution >= 0.6 is 8.17 Å². The van der Waals surface area contributed by atoms with Gasteiger partial charge < -0.3 is 0 Å². The van der Waals surface area contributed by atoms with Gasteiger partial charge in [0.25, 0.3) is 0 Å². The van der Waals surface area contributed by atoms with Crippen LogP contribution in [0.2, 0.25) is 0 Å². The van der Waals surface area contributed by atoms with E-state index in [1.54, 1.807) is 0 Å². The maximum atomic E-state index is 13.5. The molecule has 2 aliphatic heterocycles. The van der Waals surface area contributed by atoms with E-state index in [0.29, 0.717) is 6.61 Å². The standard InChI is InChI=1S/C18H30FN2O7P/c1-2-3-4-5-6-7-8-9-25-29(24)26-12-15-14(28-29)10-16(27-15)21-11-13(19)17(22)20-18(21)23/h11,14-16,24,29H,2-10,12H2,1H3,(H,20,22,23)/t14-,15+,16+/m0/s1. The number of H-pyrrole nitrogens is 1. The fourth-order valence-corrected chi connectivity index (χ4v) is 5.20. The van der Waals surface area contributed by atoms with Gasteiger partial charge in [0.05, 0.1) is 0 Å². The third-order valence-electron chi connectivity index (χ3n) is 5.18. The molecule has 0 bridgehead atoms. The predicted octanol–water partition coefficient (Wildman–Crippen LogP) is 2.55. The van der Waals surface area contributed by atoms with Gasteiger partial charge in [0, 0.05) is 0 Å². The minimum atomic E-state index is -3.77. The van der Waals surface area contributed by atoms with Gasteiger partial charge >= 0.3 is 168 Å². The Labute approximate surface area is 168 Å². The number of ether oxygens (including phenoxy) is 1. The molecule has 3 rings (SSSR count). The summed E-state index contributed by atoms with van der Waals surface area (Å²) in [5.41, 5.74) is -1.86. The van der Waals surface area contributed by atoms with E-state index in [0.717, 1.165) is 30.0 Å². The van der Waals surface area contributed by atoms with Crippen molar-refractivity contribution in [2.45, 2.75) is 76.7 Å². The topological polar surface area (TPSA) is 112 Å². The van der Waals surface area contributed by atoms with Crippen molar-refractivity contribution in [1.82, 2.24) is 9.55 Å². The molecular formula is C18H30FN2O7P. The van der Waals surface area contributed by atoms with Crippen molar-refractivity contribution < 1.29 is 27.6 Å². The first kappa shape index (κ1) is 22.5. The van der Waals surface area contributed by atoms with Gasteiger partial charge in [-0.15, -0.1) is 0 Å². The van der Waals surface area contributed by atoms with Gasteiger partial charge in [-0.2, -0.15) is 0 Å². The van der Waals surface area contributed by atoms with Gasteiger partial charge in [0.15, 0.2) is 0 Å². The van der Waals surface area contributed by atoms with Gasteiger partial charge in [0.1, 0.15) is 0 Å². The second-order valence-electron chi connectivity index (χ2n) is 7.47. The second kappa shape index (κ2) is 10.2. The number of aromatic amines is 1. The molecule has 9 nitrogen and oxygen atoms in total. The maximum absolute atomic E-state index is 13.5. The molecule has 3 heterocycles. The van der Waals surface area contributed by atoms with Crippen molar-refractivity contribution in [1.29, 1.82) is 0 Å². The van der Waals surface area contributed by atoms with Crippen molar-refractivity contribution >= 4 is 8.17 Å². The van der Waals surface area contributed by atoms with E-state index >= 15 is 0 Å². The Bertz CT molecular complexity index is 788. The van der Waals surface area contributed by atoms with Crippen LogP contribution in [0, 0.1) is 5.82 Å². The van der Waals surface area contributed by atoms with Crippen LogP contribution < -0.4 is 11.2 Å². The summed E-state index contributed by atoms with van der Waals surface area (Å²) in [5.74, 6) is -1.08. The number of nitrogens with zero attached hydrogens (tertiary/aromatic N) is 1. The van der Waals surface area contributed by atoms with Gasteiger partial charge in [-0.05, 0) is 0 Å². The zero-order chi connectivity index (χ0) is 20.9. The number of fused-ring (bicyclic) bond motifs is 1. The van der Waals surface area contributed by atoms with Crippen LogP contribution in [0.15, 0.2) is 15.8 Å². The van der Waals surface area contributed by atoms with Crippen LogP contribution in [-0.2, 0) is 18.3 Å². The molecule has 166 valence electrons. The Kier molecular flexibility index (Phi) is 7.95. The molecule has 0 spiro atoms. The van der Waals surface area contributed by atoms with E-state index in [4.69, 9.17) is 18.3 Å². The van der Waals surface area contributed by atoms with E-state index in [1.165, 1.54) is 25.7 Å². The first-order chi connectivity index (χ1) is 13.9. The van der Waals surface area contributed by atoms with Crippen LogP contribution in [0.4, 0.5) is 4.39 Å². The molecule has 0 aliphatic carbocycles. The monoisotopic (exact) mass is 436 g/mol. The third-order valence-corrected chi connectivity index (χ3v) is 6.88. The number of hydrogen-bond donors (Lipinski definition) is 2. The zero-order valence-corrected chi connectivity index (χ0v) is 17.6. The van der Waals surface area contributed by atoms with Crippen LogP contribution in [-0.4, -0.2) is 39.9 Å². The number of nitrogens with one attached hydrogen (secondary N) is 1. The van der Waals surface area contributed by atoms with Crippen LogP contribution in [0.5, 0.6) is 0 Å². The predicted molar refractivity (Wildman–Crippen MR) is 105 cm³/mol. The summed E-state index contributed by atoms with van der Waals surface area (Å²) in [6, 6.07) is 0. The van der Waals surface area contributed by atoms with Crippen molar-refractivity contribution in [3.8, 4) is 0 Å². The average Bonchev–Trinajstić information content (AvgIpc) is 3.09. The molecule has 0 unspecified atom stereocenters. The van der Waals surface area contributed by atoms with Crippen LogP contribution in [0.25, 0.3) is 0 Å². The summed E-state index contributed by atoms with van der Waals surface area (Å²) >= 11 is 0. The van der Waals surface area contributed by atoms with E-state index in [1.807, 2.05) is 4.98 Å². The van der Waals surface area contributed by atoms with Crippen molar-refractivity contribution in [3.63, 3.8) is 0 Å². The average molecular weight is 436 g/mol. The van der Waals surface area contributed by atoms with Crippen molar-refractivity contribution in [2.75, 3.05) is 13.2 Å². The van der Waals surface area contributed by atoms with Crippen molar-refractivity contribution in [3.05, 3.63) is 32.9 Å². The first-order valence-electron chi connectivity index (χ1n) is 10.3. The molecule has 0 radical (unpaired) electrons. The summed E-state index contributed by atoms with van der Waals surface area (Å²) in [6.07, 6.45) is 7.02. The molecule has 2 aliphatic rings. The molecule has 29 heavy (non-hydrogen) atoms. The van der Waals surface area contributed by atoms with Gasteiger partial charge in [-0.1, -0.05) is 0 Å². The Hall–Kier alpha value is -1.16. The van der Waals surface area contributed by atoms with Crippen LogP contribution in [0.1, 0.15) is 64.5 Å². The quantitative estimate of drug-likeness (QED) is 0.428. The Morgan fingerprint density at radius 1 is 1.24 bits per heavy atom. The second-order valence-corrected chi connectivity index (χ2v) is 9.33. The molecule has 1 aromatic rings. The Morgan fingerprint density at radius 3 is 2.72 bits per heavy atom. The summed E-state index contributed by atoms with van der Waals surface area (Å²) in [6.45, 7) is 2.59. The van der Waals surface area contributed by atoms with Gasteiger partial charge in [-0.25, -0.2) is 0 Å². The summed E-state index contributed by atoms with van der Waals surface area (Å²) in [4.78, 5) is 35.5. The fourth-order valence-electron chi connectivity index (χ4n) is 3.57. The van der Waals surface area contributed by atoms with Crippen molar-refractivity contribution in [2.24, 2.45) is 0 Å². The SMILES string of the molecule is CCCCCCCCCO[PH]1(O)OC[C@H]2O[C@@H](n3cc(F)c(=O)[nH]c3=O)C[C@@H]2O1. The molecule has 1 aromatic heterocycles. The van der Waals surface area contributed by atoms with Gasteiger partial charge in [-0.3, -0.25) is 0 Å². The molecule has 0 aromatic carbocycles. The molecular weight excluding hydrogens is 406 g/mol. The molecule has 2 fully saturated rings. The number of halogens is 1. The third kappa shape index (κ3) is 5.93. The molecule has 3 atom stereocenters. The minimum absolute atomic E-state index is 0.0570. The summed E-state index contributed by atoms with van der Waals surface area (Å²) in [5, 5.41) is 0. The number of unbranched alkanes of at least 4 members (excludes halogenated alkanes) is 6. The van der Waals surface area contributed by atoms with Gasteiger partial charge in [0.2, 0.25) is 0 Å². The summed E-state index contributed by atoms with van der Waals surface area (Å²) < 4.78 is 36.8.